The van der Waals surface area contributed by atoms with Crippen LogP contribution in [0.2, 0.25) is 0 Å². The number of hydrogen-bond donors (Lipinski definition) is 2. The second-order valence-electron chi connectivity index (χ2n) is 6.72. The molecule has 3 fully saturated rings. The Morgan fingerprint density at radius 1 is 1.05 bits per heavy atom. The van der Waals surface area contributed by atoms with E-state index in [1.165, 1.54) is 19.3 Å². The molecule has 0 unspecified atom stereocenters. The molecule has 5 nitrogen and oxygen atoms in total. The SMILES string of the molecule is Cl.Cl.NC1(C(=O)NCC2(N3CCCCC3)CCOCC2)CC1. The zero-order valence-electron chi connectivity index (χ0n) is 13.1. The van der Waals surface area contributed by atoms with Gasteiger partial charge in [0.05, 0.1) is 5.54 Å². The first kappa shape index (κ1) is 20.0. The number of nitrogens with two attached hydrogens (primary N) is 1. The van der Waals surface area contributed by atoms with E-state index in [0.29, 0.717) is 0 Å². The highest BCUT2D eigenvalue weighted by Crippen LogP contribution is 2.34. The van der Waals surface area contributed by atoms with E-state index >= 15 is 0 Å². The van der Waals surface area contributed by atoms with E-state index in [2.05, 4.69) is 10.2 Å². The molecule has 3 aliphatic rings. The van der Waals surface area contributed by atoms with Crippen LogP contribution in [0.4, 0.5) is 0 Å². The summed E-state index contributed by atoms with van der Waals surface area (Å²) in [7, 11) is 0. The maximum absolute atomic E-state index is 12.1. The molecule has 22 heavy (non-hydrogen) atoms. The van der Waals surface area contributed by atoms with Gasteiger partial charge in [0.1, 0.15) is 0 Å². The summed E-state index contributed by atoms with van der Waals surface area (Å²) in [4.78, 5) is 14.7. The van der Waals surface area contributed by atoms with Crippen molar-refractivity contribution in [2.75, 3.05) is 32.8 Å². The van der Waals surface area contributed by atoms with Gasteiger partial charge in [-0.05, 0) is 51.6 Å². The number of carbonyl (C=O) groups is 1. The average Bonchev–Trinajstić information content (AvgIpc) is 3.26. The lowest BCUT2D eigenvalue weighted by Crippen LogP contribution is -2.60. The fourth-order valence-electron chi connectivity index (χ4n) is 3.51. The van der Waals surface area contributed by atoms with Crippen LogP contribution in [0.5, 0.6) is 0 Å². The maximum Gasteiger partial charge on any atom is 0.240 e. The van der Waals surface area contributed by atoms with Crippen LogP contribution in [-0.2, 0) is 9.53 Å². The molecule has 3 N–H and O–H groups in total. The second-order valence-corrected chi connectivity index (χ2v) is 6.72. The third-order valence-corrected chi connectivity index (χ3v) is 5.27. The number of rotatable bonds is 4. The molecule has 2 saturated heterocycles. The molecule has 1 amide bonds. The highest BCUT2D eigenvalue weighted by atomic mass is 35.5. The summed E-state index contributed by atoms with van der Waals surface area (Å²) in [5.41, 5.74) is 5.51. The molecule has 1 saturated carbocycles. The van der Waals surface area contributed by atoms with Crippen molar-refractivity contribution >= 4 is 30.7 Å². The highest BCUT2D eigenvalue weighted by molar-refractivity contribution is 5.89. The number of carbonyl (C=O) groups excluding carboxylic acids is 1. The van der Waals surface area contributed by atoms with Gasteiger partial charge in [-0.25, -0.2) is 0 Å². The molecule has 0 bridgehead atoms. The van der Waals surface area contributed by atoms with E-state index in [1.807, 2.05) is 0 Å². The molecule has 0 radical (unpaired) electrons. The molecule has 0 atom stereocenters. The Bertz CT molecular complexity index is 366. The summed E-state index contributed by atoms with van der Waals surface area (Å²) in [6.45, 7) is 4.65. The maximum atomic E-state index is 12.1. The molecule has 3 rings (SSSR count). The minimum atomic E-state index is -0.561. The molecular formula is C15H29Cl2N3O2. The zero-order chi connectivity index (χ0) is 14.1. The number of halogens is 2. The van der Waals surface area contributed by atoms with Gasteiger partial charge in [-0.1, -0.05) is 6.42 Å². The third kappa shape index (κ3) is 4.26. The van der Waals surface area contributed by atoms with Crippen LogP contribution in [0.15, 0.2) is 0 Å². The molecule has 2 heterocycles. The lowest BCUT2D eigenvalue weighted by atomic mass is 9.86. The predicted molar refractivity (Wildman–Crippen MR) is 91.9 cm³/mol. The van der Waals surface area contributed by atoms with Gasteiger partial charge in [-0.15, -0.1) is 24.8 Å². The van der Waals surface area contributed by atoms with Crippen LogP contribution >= 0.6 is 24.8 Å². The fourth-order valence-corrected chi connectivity index (χ4v) is 3.51. The van der Waals surface area contributed by atoms with Gasteiger partial charge in [-0.3, -0.25) is 9.69 Å². The van der Waals surface area contributed by atoms with Crippen molar-refractivity contribution < 1.29 is 9.53 Å². The fraction of sp³-hybridized carbons (Fsp3) is 0.933. The third-order valence-electron chi connectivity index (χ3n) is 5.27. The monoisotopic (exact) mass is 353 g/mol. The van der Waals surface area contributed by atoms with Crippen LogP contribution in [0.1, 0.15) is 44.9 Å². The van der Waals surface area contributed by atoms with Crippen LogP contribution in [0.25, 0.3) is 0 Å². The quantitative estimate of drug-likeness (QED) is 0.802. The lowest BCUT2D eigenvalue weighted by molar-refractivity contribution is -0.124. The van der Waals surface area contributed by atoms with Gasteiger partial charge in [-0.2, -0.15) is 0 Å². The number of piperidine rings is 1. The summed E-state index contributed by atoms with van der Waals surface area (Å²) in [6, 6.07) is 0. The minimum Gasteiger partial charge on any atom is -0.381 e. The molecular weight excluding hydrogens is 325 g/mol. The standard InChI is InChI=1S/C15H27N3O2.2ClH/c16-15(4-5-15)13(19)17-12-14(6-10-20-11-7-14)18-8-2-1-3-9-18;;/h1-12,16H2,(H,17,19);2*1H. The number of hydrogen-bond acceptors (Lipinski definition) is 4. The van der Waals surface area contributed by atoms with E-state index in [1.54, 1.807) is 0 Å². The average molecular weight is 354 g/mol. The lowest BCUT2D eigenvalue weighted by Gasteiger charge is -2.48. The molecule has 1 aliphatic carbocycles. The van der Waals surface area contributed by atoms with E-state index in [9.17, 15) is 4.79 Å². The van der Waals surface area contributed by atoms with Gasteiger partial charge in [0, 0.05) is 25.3 Å². The van der Waals surface area contributed by atoms with Gasteiger partial charge in [0.2, 0.25) is 5.91 Å². The normalized spacial score (nSPS) is 26.2. The van der Waals surface area contributed by atoms with Crippen LogP contribution in [-0.4, -0.2) is 54.7 Å². The first-order valence-corrected chi connectivity index (χ1v) is 8.05. The minimum absolute atomic E-state index is 0. The Labute approximate surface area is 145 Å². The summed E-state index contributed by atoms with van der Waals surface area (Å²) in [5, 5.41) is 3.13. The first-order chi connectivity index (χ1) is 9.65. The van der Waals surface area contributed by atoms with Crippen molar-refractivity contribution in [2.24, 2.45) is 5.73 Å². The van der Waals surface area contributed by atoms with E-state index in [4.69, 9.17) is 10.5 Å². The Kier molecular flexibility index (Phi) is 7.40. The summed E-state index contributed by atoms with van der Waals surface area (Å²) >= 11 is 0. The number of ether oxygens (including phenoxy) is 1. The van der Waals surface area contributed by atoms with Gasteiger partial charge in [0.25, 0.3) is 0 Å². The van der Waals surface area contributed by atoms with E-state index in [-0.39, 0.29) is 36.3 Å². The van der Waals surface area contributed by atoms with E-state index in [0.717, 1.165) is 58.5 Å². The van der Waals surface area contributed by atoms with Crippen molar-refractivity contribution in [3.8, 4) is 0 Å². The van der Waals surface area contributed by atoms with Crippen LogP contribution < -0.4 is 11.1 Å². The Hall–Kier alpha value is -0.0700. The number of amides is 1. The number of likely N-dealkylation sites (tertiary alicyclic amines) is 1. The van der Waals surface area contributed by atoms with Gasteiger partial charge in [0.15, 0.2) is 0 Å². The Morgan fingerprint density at radius 3 is 2.18 bits per heavy atom. The van der Waals surface area contributed by atoms with Crippen molar-refractivity contribution in [3.63, 3.8) is 0 Å². The van der Waals surface area contributed by atoms with Crippen LogP contribution in [0, 0.1) is 0 Å². The predicted octanol–water partition coefficient (Wildman–Crippen LogP) is 1.47. The molecule has 0 aromatic carbocycles. The molecule has 0 aromatic heterocycles. The largest absolute Gasteiger partial charge is 0.381 e. The summed E-state index contributed by atoms with van der Waals surface area (Å²) in [5.74, 6) is 0.0420. The Morgan fingerprint density at radius 2 is 1.64 bits per heavy atom. The van der Waals surface area contributed by atoms with Gasteiger partial charge < -0.3 is 15.8 Å². The molecule has 7 heteroatoms. The molecule has 2 aliphatic heterocycles. The second kappa shape index (κ2) is 8.15. The Balaban J connectivity index is 0.00000121. The van der Waals surface area contributed by atoms with E-state index < -0.39 is 5.54 Å². The topological polar surface area (TPSA) is 67.6 Å². The molecule has 130 valence electrons. The number of nitrogens with zero attached hydrogens (tertiary/aromatic N) is 1. The van der Waals surface area contributed by atoms with Crippen molar-refractivity contribution in [1.29, 1.82) is 0 Å². The molecule has 0 spiro atoms. The van der Waals surface area contributed by atoms with Crippen molar-refractivity contribution in [2.45, 2.75) is 56.0 Å². The smallest absolute Gasteiger partial charge is 0.240 e. The first-order valence-electron chi connectivity index (χ1n) is 8.05. The van der Waals surface area contributed by atoms with Crippen molar-refractivity contribution in [1.82, 2.24) is 10.2 Å². The molecule has 0 aromatic rings. The number of nitrogens with one attached hydrogen (secondary N) is 1. The van der Waals surface area contributed by atoms with Crippen molar-refractivity contribution in [3.05, 3.63) is 0 Å². The zero-order valence-corrected chi connectivity index (χ0v) is 14.8. The summed E-state index contributed by atoms with van der Waals surface area (Å²) < 4.78 is 5.54. The van der Waals surface area contributed by atoms with Crippen LogP contribution in [0.3, 0.4) is 0 Å². The highest BCUT2D eigenvalue weighted by Gasteiger charge is 2.47. The van der Waals surface area contributed by atoms with Gasteiger partial charge >= 0.3 is 0 Å². The summed E-state index contributed by atoms with van der Waals surface area (Å²) in [6.07, 6.45) is 7.59.